The van der Waals surface area contributed by atoms with E-state index in [1.165, 1.54) is 12.1 Å². The van der Waals surface area contributed by atoms with Crippen LogP contribution in [-0.2, 0) is 14.8 Å². The van der Waals surface area contributed by atoms with Crippen molar-refractivity contribution in [1.82, 2.24) is 9.71 Å². The normalized spacial score (nSPS) is 12.8. The third-order valence-corrected chi connectivity index (χ3v) is 6.41. The number of carboxylic acids is 1. The molecule has 30 heavy (non-hydrogen) atoms. The minimum absolute atomic E-state index is 0.134. The molecule has 162 valence electrons. The number of rotatable bonds is 13. The van der Waals surface area contributed by atoms with E-state index in [2.05, 4.69) is 9.71 Å². The SMILES string of the molecule is O=C(O)CCC(C/C=C/c1cccnc1)CCCCNS(=O)(=O)c1ccc(Cl)cc1. The molecule has 2 N–H and O–H groups in total. The van der Waals surface area contributed by atoms with Gasteiger partial charge >= 0.3 is 5.97 Å². The first-order valence-corrected chi connectivity index (χ1v) is 11.8. The van der Waals surface area contributed by atoms with Crippen molar-refractivity contribution in [3.63, 3.8) is 0 Å². The molecule has 6 nitrogen and oxygen atoms in total. The standard InChI is InChI=1S/C22H27ClN2O4S/c23-20-10-12-21(13-11-20)30(28,29)25-16-2-1-5-18(9-14-22(26)27)6-3-7-19-8-4-15-24-17-19/h3-4,7-8,10-13,15,17-18,25H,1-2,5-6,9,14,16H2,(H,26,27)/b7-3+. The van der Waals surface area contributed by atoms with Gasteiger partial charge in [-0.2, -0.15) is 0 Å². The maximum absolute atomic E-state index is 12.3. The highest BCUT2D eigenvalue weighted by molar-refractivity contribution is 7.89. The topological polar surface area (TPSA) is 96.4 Å². The van der Waals surface area contributed by atoms with E-state index in [-0.39, 0.29) is 17.2 Å². The van der Waals surface area contributed by atoms with Crippen LogP contribution in [0.5, 0.6) is 0 Å². The number of pyridine rings is 1. The Morgan fingerprint density at radius 3 is 2.60 bits per heavy atom. The Balaban J connectivity index is 1.77. The van der Waals surface area contributed by atoms with Gasteiger partial charge in [0.15, 0.2) is 0 Å². The number of aliphatic carboxylic acids is 1. The van der Waals surface area contributed by atoms with E-state index in [4.69, 9.17) is 16.7 Å². The molecule has 1 atom stereocenters. The molecule has 0 saturated heterocycles. The smallest absolute Gasteiger partial charge is 0.303 e. The minimum Gasteiger partial charge on any atom is -0.481 e. The fourth-order valence-corrected chi connectivity index (χ4v) is 4.24. The molecule has 0 bridgehead atoms. The van der Waals surface area contributed by atoms with Crippen LogP contribution >= 0.6 is 11.6 Å². The molecule has 0 amide bonds. The second kappa shape index (κ2) is 12.5. The van der Waals surface area contributed by atoms with Gasteiger partial charge in [0.1, 0.15) is 0 Å². The average molecular weight is 451 g/mol. The number of hydrogen-bond donors (Lipinski definition) is 2. The van der Waals surface area contributed by atoms with E-state index in [1.54, 1.807) is 24.5 Å². The maximum Gasteiger partial charge on any atom is 0.303 e. The molecule has 0 aliphatic heterocycles. The van der Waals surface area contributed by atoms with Crippen LogP contribution in [0.15, 0.2) is 59.8 Å². The van der Waals surface area contributed by atoms with Crippen LogP contribution in [0.1, 0.15) is 44.1 Å². The average Bonchev–Trinajstić information content (AvgIpc) is 2.72. The highest BCUT2D eigenvalue weighted by Crippen LogP contribution is 2.20. The number of carboxylic acid groups (broad SMARTS) is 1. The largest absolute Gasteiger partial charge is 0.481 e. The van der Waals surface area contributed by atoms with E-state index in [9.17, 15) is 13.2 Å². The summed E-state index contributed by atoms with van der Waals surface area (Å²) in [5, 5.41) is 9.46. The van der Waals surface area contributed by atoms with Gasteiger partial charge in [0.25, 0.3) is 0 Å². The lowest BCUT2D eigenvalue weighted by molar-refractivity contribution is -0.137. The molecule has 1 heterocycles. The lowest BCUT2D eigenvalue weighted by atomic mass is 9.93. The molecule has 2 rings (SSSR count). The molecule has 1 unspecified atom stereocenters. The molecule has 8 heteroatoms. The Labute approximate surface area is 183 Å². The number of nitrogens with zero attached hydrogens (tertiary/aromatic N) is 1. The van der Waals surface area contributed by atoms with Gasteiger partial charge < -0.3 is 5.11 Å². The molecule has 1 aromatic heterocycles. The van der Waals surface area contributed by atoms with Gasteiger partial charge in [-0.25, -0.2) is 13.1 Å². The summed E-state index contributed by atoms with van der Waals surface area (Å²) in [7, 11) is -3.55. The lowest BCUT2D eigenvalue weighted by Gasteiger charge is -2.14. The Morgan fingerprint density at radius 2 is 1.93 bits per heavy atom. The van der Waals surface area contributed by atoms with Crippen molar-refractivity contribution in [2.75, 3.05) is 6.54 Å². The molecule has 0 aliphatic rings. The number of hydrogen-bond acceptors (Lipinski definition) is 4. The van der Waals surface area contributed by atoms with Gasteiger partial charge in [-0.05, 0) is 61.1 Å². The van der Waals surface area contributed by atoms with E-state index in [0.29, 0.717) is 24.4 Å². The van der Waals surface area contributed by atoms with Gasteiger partial charge in [0, 0.05) is 30.4 Å². The van der Waals surface area contributed by atoms with Crippen molar-refractivity contribution in [2.24, 2.45) is 5.92 Å². The molecular formula is C22H27ClN2O4S. The van der Waals surface area contributed by atoms with E-state index < -0.39 is 16.0 Å². The third kappa shape index (κ3) is 9.07. The van der Waals surface area contributed by atoms with Crippen molar-refractivity contribution < 1.29 is 18.3 Å². The number of allylic oxidation sites excluding steroid dienone is 1. The number of unbranched alkanes of at least 4 members (excludes halogenated alkanes) is 1. The van der Waals surface area contributed by atoms with Crippen LogP contribution in [0, 0.1) is 5.92 Å². The van der Waals surface area contributed by atoms with Crippen LogP contribution in [0.4, 0.5) is 0 Å². The highest BCUT2D eigenvalue weighted by Gasteiger charge is 2.13. The fraction of sp³-hybridized carbons (Fsp3) is 0.364. The predicted molar refractivity (Wildman–Crippen MR) is 119 cm³/mol. The molecule has 0 spiro atoms. The van der Waals surface area contributed by atoms with Crippen molar-refractivity contribution >= 4 is 33.7 Å². The first-order valence-electron chi connectivity index (χ1n) is 9.90. The molecule has 0 aliphatic carbocycles. The number of sulfonamides is 1. The third-order valence-electron chi connectivity index (χ3n) is 4.69. The summed E-state index contributed by atoms with van der Waals surface area (Å²) >= 11 is 5.79. The second-order valence-corrected chi connectivity index (χ2v) is 9.27. The fourth-order valence-electron chi connectivity index (χ4n) is 3.04. The molecule has 0 fully saturated rings. The summed E-state index contributed by atoms with van der Waals surface area (Å²) in [6, 6.07) is 9.86. The van der Waals surface area contributed by atoms with Crippen molar-refractivity contribution in [1.29, 1.82) is 0 Å². The summed E-state index contributed by atoms with van der Waals surface area (Å²) < 4.78 is 27.1. The molecule has 0 radical (unpaired) electrons. The van der Waals surface area contributed by atoms with E-state index >= 15 is 0 Å². The second-order valence-electron chi connectivity index (χ2n) is 7.07. The Bertz CT molecular complexity index is 916. The molecule has 2 aromatic rings. The summed E-state index contributed by atoms with van der Waals surface area (Å²) in [5.41, 5.74) is 1.01. The van der Waals surface area contributed by atoms with Gasteiger partial charge in [0.05, 0.1) is 4.90 Å². The van der Waals surface area contributed by atoms with Crippen LogP contribution in [0.2, 0.25) is 5.02 Å². The van der Waals surface area contributed by atoms with Crippen molar-refractivity contribution in [3.05, 3.63) is 65.5 Å². The quantitative estimate of drug-likeness (QED) is 0.428. The first-order chi connectivity index (χ1) is 14.4. The van der Waals surface area contributed by atoms with Gasteiger partial charge in [-0.1, -0.05) is 42.7 Å². The number of aromatic nitrogens is 1. The molecule has 1 aromatic carbocycles. The van der Waals surface area contributed by atoms with Gasteiger partial charge in [0.2, 0.25) is 10.0 Å². The van der Waals surface area contributed by atoms with Gasteiger partial charge in [-0.15, -0.1) is 0 Å². The van der Waals surface area contributed by atoms with Crippen LogP contribution < -0.4 is 4.72 Å². The maximum atomic E-state index is 12.3. The van der Waals surface area contributed by atoms with Crippen LogP contribution in [0.3, 0.4) is 0 Å². The minimum atomic E-state index is -3.55. The first kappa shape index (κ1) is 24.1. The zero-order valence-electron chi connectivity index (χ0n) is 16.7. The summed E-state index contributed by atoms with van der Waals surface area (Å²) in [6.07, 6.45) is 11.4. The van der Waals surface area contributed by atoms with Crippen molar-refractivity contribution in [2.45, 2.75) is 43.4 Å². The number of nitrogens with one attached hydrogen (secondary N) is 1. The van der Waals surface area contributed by atoms with E-state index in [1.807, 2.05) is 24.3 Å². The predicted octanol–water partition coefficient (Wildman–Crippen LogP) is 4.77. The summed E-state index contributed by atoms with van der Waals surface area (Å²) in [5.74, 6) is -0.561. The number of benzene rings is 1. The lowest BCUT2D eigenvalue weighted by Crippen LogP contribution is -2.24. The Morgan fingerprint density at radius 1 is 1.17 bits per heavy atom. The summed E-state index contributed by atoms with van der Waals surface area (Å²) in [6.45, 7) is 0.335. The highest BCUT2D eigenvalue weighted by atomic mass is 35.5. The Kier molecular flexibility index (Phi) is 10.00. The van der Waals surface area contributed by atoms with E-state index in [0.717, 1.165) is 24.8 Å². The Hall–Kier alpha value is -2.22. The number of halogens is 1. The van der Waals surface area contributed by atoms with Crippen LogP contribution in [0.25, 0.3) is 6.08 Å². The zero-order chi connectivity index (χ0) is 21.8. The number of carbonyl (C=O) groups is 1. The molecule has 0 saturated carbocycles. The zero-order valence-corrected chi connectivity index (χ0v) is 18.3. The summed E-state index contributed by atoms with van der Waals surface area (Å²) in [4.78, 5) is 15.2. The molecular weight excluding hydrogens is 424 g/mol. The van der Waals surface area contributed by atoms with Crippen LogP contribution in [-0.4, -0.2) is 31.0 Å². The van der Waals surface area contributed by atoms with Crippen molar-refractivity contribution in [3.8, 4) is 0 Å². The van der Waals surface area contributed by atoms with Gasteiger partial charge in [-0.3, -0.25) is 9.78 Å². The monoisotopic (exact) mass is 450 g/mol.